The van der Waals surface area contributed by atoms with Gasteiger partial charge in [0.2, 0.25) is 16.2 Å². The zero-order valence-corrected chi connectivity index (χ0v) is 14.8. The van der Waals surface area contributed by atoms with Crippen molar-refractivity contribution in [2.24, 2.45) is 21.1 Å². The van der Waals surface area contributed by atoms with Crippen LogP contribution in [-0.2, 0) is 0 Å². The highest BCUT2D eigenvalue weighted by Crippen LogP contribution is 2.29. The van der Waals surface area contributed by atoms with E-state index in [1.54, 1.807) is 0 Å². The lowest BCUT2D eigenvalue weighted by molar-refractivity contribution is 0.903. The molecule has 2 aromatic carbocycles. The predicted molar refractivity (Wildman–Crippen MR) is 103 cm³/mol. The van der Waals surface area contributed by atoms with Gasteiger partial charge in [0, 0.05) is 0 Å². The maximum atomic E-state index is 5.82. The first-order chi connectivity index (χ1) is 12.2. The summed E-state index contributed by atoms with van der Waals surface area (Å²) in [6.07, 6.45) is 0. The number of aliphatic imine (C=N–C) groups is 1. The van der Waals surface area contributed by atoms with E-state index in [-0.39, 0.29) is 5.96 Å². The van der Waals surface area contributed by atoms with Crippen LogP contribution in [-0.4, -0.2) is 15.9 Å². The molecule has 0 saturated carbocycles. The Bertz CT molecular complexity index is 1080. The maximum absolute atomic E-state index is 5.82. The average Bonchev–Trinajstić information content (AvgIpc) is 3.16. The molecule has 25 heavy (non-hydrogen) atoms. The zero-order chi connectivity index (χ0) is 17.2. The highest BCUT2D eigenvalue weighted by atomic mass is 32.1. The van der Waals surface area contributed by atoms with Crippen LogP contribution in [0.4, 0.5) is 10.3 Å². The van der Waals surface area contributed by atoms with Crippen LogP contribution < -0.4 is 11.2 Å². The Morgan fingerprint density at radius 2 is 1.76 bits per heavy atom. The van der Waals surface area contributed by atoms with E-state index in [1.165, 1.54) is 28.2 Å². The van der Waals surface area contributed by atoms with Crippen LogP contribution in [0.15, 0.2) is 57.8 Å². The molecule has 2 heterocycles. The van der Waals surface area contributed by atoms with Crippen LogP contribution in [0, 0.1) is 6.92 Å². The topological polar surface area (TPSA) is 101 Å². The highest BCUT2D eigenvalue weighted by Gasteiger charge is 2.04. The minimum atomic E-state index is 0.125. The number of aryl methyl sites for hydroxylation is 1. The largest absolute Gasteiger partial charge is 0.368 e. The molecule has 9 heteroatoms. The summed E-state index contributed by atoms with van der Waals surface area (Å²) in [6.45, 7) is 2.04. The Kier molecular flexibility index (Phi) is 4.08. The first kappa shape index (κ1) is 15.6. The quantitative estimate of drug-likeness (QED) is 0.242. The molecule has 0 atom stereocenters. The van der Waals surface area contributed by atoms with Crippen molar-refractivity contribution in [1.29, 1.82) is 0 Å². The normalized spacial score (nSPS) is 12.4. The summed E-state index contributed by atoms with van der Waals surface area (Å²) < 4.78 is 2.13. The Balaban J connectivity index is 1.47. The van der Waals surface area contributed by atoms with Gasteiger partial charge in [0.15, 0.2) is 0 Å². The number of aromatic nitrogens is 2. The van der Waals surface area contributed by atoms with Crippen molar-refractivity contribution in [2.75, 3.05) is 0 Å². The minimum absolute atomic E-state index is 0.125. The van der Waals surface area contributed by atoms with Crippen molar-refractivity contribution < 1.29 is 0 Å². The van der Waals surface area contributed by atoms with E-state index in [0.29, 0.717) is 10.3 Å². The molecule has 0 bridgehead atoms. The van der Waals surface area contributed by atoms with Crippen LogP contribution in [0.2, 0.25) is 0 Å². The van der Waals surface area contributed by atoms with Crippen LogP contribution in [0.5, 0.6) is 0 Å². The molecule has 124 valence electrons. The van der Waals surface area contributed by atoms with Gasteiger partial charge in [-0.15, -0.1) is 5.11 Å². The fourth-order valence-corrected chi connectivity index (χ4v) is 3.95. The van der Waals surface area contributed by atoms with Crippen LogP contribution in [0.25, 0.3) is 20.4 Å². The van der Waals surface area contributed by atoms with E-state index in [0.717, 1.165) is 20.4 Å². The molecule has 0 aliphatic rings. The second-order valence-corrected chi connectivity index (χ2v) is 7.26. The molecule has 0 fully saturated rings. The fraction of sp³-hybridized carbons (Fsp3) is 0.0625. The van der Waals surface area contributed by atoms with E-state index >= 15 is 0 Å². The summed E-state index contributed by atoms with van der Waals surface area (Å²) in [5, 5.41) is 9.02. The number of thiazole rings is 2. The van der Waals surface area contributed by atoms with Crippen LogP contribution >= 0.6 is 22.7 Å². The first-order valence-electron chi connectivity index (χ1n) is 7.41. The monoisotopic (exact) mass is 367 g/mol. The van der Waals surface area contributed by atoms with Gasteiger partial charge in [-0.3, -0.25) is 0 Å². The number of nitrogens with two attached hydrogens (primary N) is 1. The number of fused-ring (bicyclic) bond motifs is 2. The van der Waals surface area contributed by atoms with Crippen molar-refractivity contribution in [3.05, 3.63) is 48.0 Å². The lowest BCUT2D eigenvalue weighted by atomic mass is 10.2. The third-order valence-corrected chi connectivity index (χ3v) is 5.16. The minimum Gasteiger partial charge on any atom is -0.368 e. The van der Waals surface area contributed by atoms with Crippen molar-refractivity contribution in [1.82, 2.24) is 15.4 Å². The third kappa shape index (κ3) is 3.47. The molecular weight excluding hydrogens is 354 g/mol. The van der Waals surface area contributed by atoms with Gasteiger partial charge in [-0.25, -0.2) is 15.4 Å². The third-order valence-electron chi connectivity index (χ3n) is 3.33. The predicted octanol–water partition coefficient (Wildman–Crippen LogP) is 4.45. The molecule has 3 N–H and O–H groups in total. The van der Waals surface area contributed by atoms with E-state index < -0.39 is 0 Å². The molecule has 0 unspecified atom stereocenters. The number of para-hydroxylation sites is 1. The number of rotatable bonds is 3. The van der Waals surface area contributed by atoms with Crippen molar-refractivity contribution in [2.45, 2.75) is 6.92 Å². The van der Waals surface area contributed by atoms with E-state index in [1.807, 2.05) is 43.3 Å². The van der Waals surface area contributed by atoms with E-state index in [4.69, 9.17) is 5.73 Å². The molecule has 0 spiro atoms. The highest BCUT2D eigenvalue weighted by molar-refractivity contribution is 7.22. The molecule has 4 aromatic rings. The molecular formula is C16H13N7S2. The van der Waals surface area contributed by atoms with Crippen molar-refractivity contribution in [3.63, 3.8) is 0 Å². The summed E-state index contributed by atoms with van der Waals surface area (Å²) in [5.74, 6) is 0.125. The second kappa shape index (κ2) is 6.54. The van der Waals surface area contributed by atoms with Gasteiger partial charge in [-0.1, -0.05) is 46.1 Å². The summed E-state index contributed by atoms with van der Waals surface area (Å²) in [4.78, 5) is 13.0. The SMILES string of the molecule is Cc1ccc2nc(/N=N/N/C(N)=N/c3nc4ccccc4s3)sc2c1. The number of nitrogens with one attached hydrogen (secondary N) is 1. The lowest BCUT2D eigenvalue weighted by Gasteiger charge is -1.94. The Labute approximate surface area is 151 Å². The lowest BCUT2D eigenvalue weighted by Crippen LogP contribution is -2.26. The number of hydrogen-bond donors (Lipinski definition) is 2. The number of benzene rings is 2. The van der Waals surface area contributed by atoms with Gasteiger partial charge < -0.3 is 5.73 Å². The average molecular weight is 367 g/mol. The van der Waals surface area contributed by atoms with Gasteiger partial charge in [0.05, 0.1) is 20.4 Å². The molecule has 4 rings (SSSR count). The summed E-state index contributed by atoms with van der Waals surface area (Å²) in [5.41, 5.74) is 11.4. The fourth-order valence-electron chi connectivity index (χ4n) is 2.22. The number of guanidine groups is 1. The summed E-state index contributed by atoms with van der Waals surface area (Å²) in [6, 6.07) is 13.9. The van der Waals surface area contributed by atoms with Gasteiger partial charge in [0.1, 0.15) is 0 Å². The maximum Gasteiger partial charge on any atom is 0.232 e. The summed E-state index contributed by atoms with van der Waals surface area (Å²) in [7, 11) is 0. The van der Waals surface area contributed by atoms with Crippen LogP contribution in [0.1, 0.15) is 5.56 Å². The van der Waals surface area contributed by atoms with Crippen molar-refractivity contribution >= 4 is 59.3 Å². The smallest absolute Gasteiger partial charge is 0.232 e. The first-order valence-corrected chi connectivity index (χ1v) is 9.04. The number of nitrogens with zero attached hydrogens (tertiary/aromatic N) is 5. The summed E-state index contributed by atoms with van der Waals surface area (Å²) >= 11 is 2.93. The molecule has 0 saturated heterocycles. The molecule has 0 radical (unpaired) electrons. The van der Waals surface area contributed by atoms with E-state index in [9.17, 15) is 0 Å². The van der Waals surface area contributed by atoms with E-state index in [2.05, 4.69) is 36.8 Å². The Hall–Kier alpha value is -2.91. The Morgan fingerprint density at radius 1 is 1.00 bits per heavy atom. The number of hydrogen-bond acceptors (Lipinski definition) is 7. The molecule has 0 aliphatic carbocycles. The molecule has 2 aromatic heterocycles. The zero-order valence-electron chi connectivity index (χ0n) is 13.2. The van der Waals surface area contributed by atoms with Gasteiger partial charge in [0.25, 0.3) is 0 Å². The molecule has 0 aliphatic heterocycles. The van der Waals surface area contributed by atoms with Crippen molar-refractivity contribution in [3.8, 4) is 0 Å². The molecule has 7 nitrogen and oxygen atoms in total. The van der Waals surface area contributed by atoms with Crippen LogP contribution in [0.3, 0.4) is 0 Å². The van der Waals surface area contributed by atoms with Gasteiger partial charge >= 0.3 is 0 Å². The Morgan fingerprint density at radius 3 is 2.64 bits per heavy atom. The standard InChI is InChI=1S/C16H13N7S2/c1-9-6-7-11-13(8-9)25-16(19-11)22-23-21-14(17)20-15-18-10-4-2-3-5-12(10)24-15/h2-8H,1H3,(H3,17,18,19,20,21,22). The van der Waals surface area contributed by atoms with Gasteiger partial charge in [-0.2, -0.15) is 4.99 Å². The second-order valence-electron chi connectivity index (χ2n) is 5.24. The molecule has 0 amide bonds. The van der Waals surface area contributed by atoms with Gasteiger partial charge in [-0.05, 0) is 36.8 Å².